The van der Waals surface area contributed by atoms with Crippen molar-refractivity contribution in [1.29, 1.82) is 0 Å². The summed E-state index contributed by atoms with van der Waals surface area (Å²) in [4.78, 5) is 12.3. The molecule has 0 saturated heterocycles. The molecule has 4 heteroatoms. The van der Waals surface area contributed by atoms with Gasteiger partial charge in [-0.05, 0) is 31.4 Å². The molecule has 1 aromatic carbocycles. The van der Waals surface area contributed by atoms with Gasteiger partial charge >= 0.3 is 5.97 Å². The highest BCUT2D eigenvalue weighted by Gasteiger charge is 2.08. The molecule has 0 spiro atoms. The first-order chi connectivity index (χ1) is 6.67. The van der Waals surface area contributed by atoms with Gasteiger partial charge in [0.25, 0.3) is 0 Å². The lowest BCUT2D eigenvalue weighted by Gasteiger charge is -2.04. The summed E-state index contributed by atoms with van der Waals surface area (Å²) in [6.07, 6.45) is 1.93. The third kappa shape index (κ3) is 2.93. The molecule has 0 aliphatic carbocycles. The number of ether oxygens (including phenoxy) is 1. The number of rotatable bonds is 3. The van der Waals surface area contributed by atoms with Gasteiger partial charge in [-0.1, -0.05) is 11.6 Å². The molecule has 0 heterocycles. The van der Waals surface area contributed by atoms with Crippen molar-refractivity contribution in [2.45, 2.75) is 11.8 Å². The van der Waals surface area contributed by atoms with Crippen molar-refractivity contribution >= 4 is 29.3 Å². The van der Waals surface area contributed by atoms with Gasteiger partial charge in [0.2, 0.25) is 0 Å². The van der Waals surface area contributed by atoms with Gasteiger partial charge in [0.15, 0.2) is 0 Å². The van der Waals surface area contributed by atoms with Crippen LogP contribution in [0.25, 0.3) is 0 Å². The first-order valence-electron chi connectivity index (χ1n) is 4.19. The maximum atomic E-state index is 11.4. The van der Waals surface area contributed by atoms with Gasteiger partial charge in [0, 0.05) is 9.92 Å². The Balaban J connectivity index is 2.96. The van der Waals surface area contributed by atoms with Crippen LogP contribution in [-0.2, 0) is 4.74 Å². The van der Waals surface area contributed by atoms with Crippen molar-refractivity contribution in [3.8, 4) is 0 Å². The Kier molecular flexibility index (Phi) is 4.29. The summed E-state index contributed by atoms with van der Waals surface area (Å²) in [5.41, 5.74) is 0.503. The number of carbonyl (C=O) groups is 1. The van der Waals surface area contributed by atoms with E-state index in [2.05, 4.69) is 0 Å². The topological polar surface area (TPSA) is 26.3 Å². The quantitative estimate of drug-likeness (QED) is 0.589. The zero-order valence-electron chi connectivity index (χ0n) is 8.04. The summed E-state index contributed by atoms with van der Waals surface area (Å²) in [5, 5.41) is 0.555. The van der Waals surface area contributed by atoms with E-state index in [0.717, 1.165) is 4.90 Å². The minimum absolute atomic E-state index is 0.328. The number of benzene rings is 1. The van der Waals surface area contributed by atoms with Crippen LogP contribution in [0.5, 0.6) is 0 Å². The predicted octanol–water partition coefficient (Wildman–Crippen LogP) is 3.24. The van der Waals surface area contributed by atoms with Crippen LogP contribution in [0.2, 0.25) is 5.02 Å². The van der Waals surface area contributed by atoms with Crippen molar-refractivity contribution in [3.05, 3.63) is 28.8 Å². The SMILES string of the molecule is CCOC(=O)c1cc(Cl)cc(SC)c1. The molecule has 0 aliphatic heterocycles. The average molecular weight is 231 g/mol. The maximum Gasteiger partial charge on any atom is 0.338 e. The fraction of sp³-hybridized carbons (Fsp3) is 0.300. The third-order valence-electron chi connectivity index (χ3n) is 1.62. The predicted molar refractivity (Wildman–Crippen MR) is 59.2 cm³/mol. The van der Waals surface area contributed by atoms with Gasteiger partial charge in [0.05, 0.1) is 12.2 Å². The van der Waals surface area contributed by atoms with Crippen molar-refractivity contribution in [1.82, 2.24) is 0 Å². The second kappa shape index (κ2) is 5.27. The van der Waals surface area contributed by atoms with Crippen LogP contribution >= 0.6 is 23.4 Å². The van der Waals surface area contributed by atoms with Crippen LogP contribution in [-0.4, -0.2) is 18.8 Å². The normalized spacial score (nSPS) is 9.93. The van der Waals surface area contributed by atoms with Crippen LogP contribution < -0.4 is 0 Å². The van der Waals surface area contributed by atoms with Gasteiger partial charge in [-0.3, -0.25) is 0 Å². The van der Waals surface area contributed by atoms with Crippen LogP contribution in [0.1, 0.15) is 17.3 Å². The molecule has 0 unspecified atom stereocenters. The van der Waals surface area contributed by atoms with Gasteiger partial charge in [-0.2, -0.15) is 0 Å². The Labute approximate surface area is 92.6 Å². The molecule has 1 rings (SSSR count). The zero-order valence-corrected chi connectivity index (χ0v) is 9.61. The molecule has 0 fully saturated rings. The monoisotopic (exact) mass is 230 g/mol. The van der Waals surface area contributed by atoms with Crippen LogP contribution in [0.4, 0.5) is 0 Å². The highest BCUT2D eigenvalue weighted by molar-refractivity contribution is 7.98. The molecule has 0 aliphatic rings. The first kappa shape index (κ1) is 11.4. The summed E-state index contributed by atoms with van der Waals surface area (Å²) in [6, 6.07) is 5.20. The molecular formula is C10H11ClO2S. The van der Waals surface area contributed by atoms with Gasteiger partial charge in [-0.25, -0.2) is 4.79 Å². The van der Waals surface area contributed by atoms with Crippen molar-refractivity contribution in [3.63, 3.8) is 0 Å². The zero-order chi connectivity index (χ0) is 10.6. The van der Waals surface area contributed by atoms with Crippen molar-refractivity contribution in [2.24, 2.45) is 0 Å². The lowest BCUT2D eigenvalue weighted by Crippen LogP contribution is -2.04. The number of hydrogen-bond acceptors (Lipinski definition) is 3. The molecule has 0 amide bonds. The second-order valence-corrected chi connectivity index (χ2v) is 3.92. The van der Waals surface area contributed by atoms with E-state index >= 15 is 0 Å². The summed E-state index contributed by atoms with van der Waals surface area (Å²) >= 11 is 7.39. The van der Waals surface area contributed by atoms with E-state index in [1.165, 1.54) is 0 Å². The molecule has 76 valence electrons. The van der Waals surface area contributed by atoms with Crippen LogP contribution in [0.3, 0.4) is 0 Å². The molecule has 14 heavy (non-hydrogen) atoms. The van der Waals surface area contributed by atoms with Crippen molar-refractivity contribution in [2.75, 3.05) is 12.9 Å². The van der Waals surface area contributed by atoms with Crippen LogP contribution in [0.15, 0.2) is 23.1 Å². The van der Waals surface area contributed by atoms with Gasteiger partial charge < -0.3 is 4.74 Å². The molecule has 0 atom stereocenters. The van der Waals surface area contributed by atoms with E-state index in [-0.39, 0.29) is 5.97 Å². The van der Waals surface area contributed by atoms with E-state index in [0.29, 0.717) is 17.2 Å². The fourth-order valence-corrected chi connectivity index (χ4v) is 1.80. The first-order valence-corrected chi connectivity index (χ1v) is 5.79. The van der Waals surface area contributed by atoms with E-state index in [1.807, 2.05) is 12.3 Å². The second-order valence-electron chi connectivity index (χ2n) is 2.60. The Hall–Kier alpha value is -0.670. The lowest BCUT2D eigenvalue weighted by molar-refractivity contribution is 0.0526. The summed E-state index contributed by atoms with van der Waals surface area (Å²) < 4.78 is 4.88. The molecule has 0 N–H and O–H groups in total. The van der Waals surface area contributed by atoms with Crippen LogP contribution in [0, 0.1) is 0 Å². The number of thioether (sulfide) groups is 1. The third-order valence-corrected chi connectivity index (χ3v) is 2.54. The molecule has 2 nitrogen and oxygen atoms in total. The number of esters is 1. The molecule has 0 bridgehead atoms. The van der Waals surface area contributed by atoms with E-state index in [9.17, 15) is 4.79 Å². The molecule has 1 aromatic rings. The largest absolute Gasteiger partial charge is 0.462 e. The molecular weight excluding hydrogens is 220 g/mol. The Morgan fingerprint density at radius 3 is 2.79 bits per heavy atom. The van der Waals surface area contributed by atoms with Gasteiger partial charge in [-0.15, -0.1) is 11.8 Å². The number of hydrogen-bond donors (Lipinski definition) is 0. The Bertz CT molecular complexity index is 339. The minimum atomic E-state index is -0.328. The molecule has 0 aromatic heterocycles. The summed E-state index contributed by atoms with van der Waals surface area (Å²) in [6.45, 7) is 2.15. The van der Waals surface area contributed by atoms with E-state index in [4.69, 9.17) is 16.3 Å². The number of carbonyl (C=O) groups excluding carboxylic acids is 1. The Morgan fingerprint density at radius 2 is 2.21 bits per heavy atom. The molecule has 0 saturated carbocycles. The maximum absolute atomic E-state index is 11.4. The standard InChI is InChI=1S/C10H11ClO2S/c1-3-13-10(12)7-4-8(11)6-9(5-7)14-2/h4-6H,3H2,1-2H3. The summed E-state index contributed by atoms with van der Waals surface area (Å²) in [5.74, 6) is -0.328. The van der Waals surface area contributed by atoms with Gasteiger partial charge in [0.1, 0.15) is 0 Å². The van der Waals surface area contributed by atoms with E-state index < -0.39 is 0 Å². The van der Waals surface area contributed by atoms with E-state index in [1.54, 1.807) is 30.8 Å². The smallest absolute Gasteiger partial charge is 0.338 e. The molecule has 0 radical (unpaired) electrons. The highest BCUT2D eigenvalue weighted by atomic mass is 35.5. The lowest BCUT2D eigenvalue weighted by atomic mass is 10.2. The Morgan fingerprint density at radius 1 is 1.50 bits per heavy atom. The average Bonchev–Trinajstić information content (AvgIpc) is 2.17. The summed E-state index contributed by atoms with van der Waals surface area (Å²) in [7, 11) is 0. The highest BCUT2D eigenvalue weighted by Crippen LogP contribution is 2.22. The number of halogens is 1. The van der Waals surface area contributed by atoms with Crippen molar-refractivity contribution < 1.29 is 9.53 Å². The minimum Gasteiger partial charge on any atom is -0.462 e. The fourth-order valence-electron chi connectivity index (χ4n) is 1.01.